The highest BCUT2D eigenvalue weighted by atomic mass is 16.3. The van der Waals surface area contributed by atoms with Gasteiger partial charge in [0, 0.05) is 6.54 Å². The molecular formula is C10H19N5O. The summed E-state index contributed by atoms with van der Waals surface area (Å²) >= 11 is 0. The zero-order chi connectivity index (χ0) is 11.5. The lowest BCUT2D eigenvalue weighted by molar-refractivity contribution is 0.161. The normalized spacial score (nSPS) is 18.0. The number of aliphatic hydroxyl groups is 1. The van der Waals surface area contributed by atoms with Gasteiger partial charge in [-0.1, -0.05) is 0 Å². The summed E-state index contributed by atoms with van der Waals surface area (Å²) in [5, 5.41) is 21.0. The molecule has 1 fully saturated rings. The van der Waals surface area contributed by atoms with Crippen molar-refractivity contribution in [1.29, 1.82) is 0 Å². The average molecular weight is 225 g/mol. The fourth-order valence-electron chi connectivity index (χ4n) is 1.65. The van der Waals surface area contributed by atoms with E-state index < -0.39 is 0 Å². The summed E-state index contributed by atoms with van der Waals surface area (Å²) in [6.45, 7) is 3.41. The van der Waals surface area contributed by atoms with Gasteiger partial charge in [-0.25, -0.2) is 4.68 Å². The van der Waals surface area contributed by atoms with Crippen molar-refractivity contribution in [2.75, 3.05) is 13.6 Å². The minimum atomic E-state index is -0.248. The van der Waals surface area contributed by atoms with Crippen molar-refractivity contribution in [1.82, 2.24) is 25.1 Å². The molecule has 16 heavy (non-hydrogen) atoms. The number of hydrogen-bond acceptors (Lipinski definition) is 5. The fraction of sp³-hybridized carbons (Fsp3) is 0.900. The molecule has 1 aromatic rings. The van der Waals surface area contributed by atoms with E-state index in [9.17, 15) is 5.11 Å². The number of tetrazole rings is 1. The highest BCUT2D eigenvalue weighted by Gasteiger charge is 2.27. The molecule has 0 spiro atoms. The van der Waals surface area contributed by atoms with Crippen molar-refractivity contribution in [2.45, 2.75) is 44.9 Å². The molecule has 1 unspecified atom stereocenters. The fourth-order valence-corrected chi connectivity index (χ4v) is 1.65. The summed E-state index contributed by atoms with van der Waals surface area (Å²) in [7, 11) is 2.02. The van der Waals surface area contributed by atoms with Crippen LogP contribution >= 0.6 is 0 Å². The first-order chi connectivity index (χ1) is 7.66. The van der Waals surface area contributed by atoms with E-state index in [-0.39, 0.29) is 6.10 Å². The lowest BCUT2D eigenvalue weighted by atomic mass is 10.3. The van der Waals surface area contributed by atoms with Crippen molar-refractivity contribution in [3.63, 3.8) is 0 Å². The van der Waals surface area contributed by atoms with Gasteiger partial charge in [0.1, 0.15) is 0 Å². The molecule has 0 amide bonds. The molecule has 0 bridgehead atoms. The number of aromatic nitrogens is 4. The third-order valence-corrected chi connectivity index (χ3v) is 2.79. The molecule has 0 aromatic carbocycles. The number of rotatable bonds is 6. The Morgan fingerprint density at radius 2 is 2.31 bits per heavy atom. The van der Waals surface area contributed by atoms with Crippen LogP contribution in [0.1, 0.15) is 38.1 Å². The maximum Gasteiger partial charge on any atom is 0.165 e. The highest BCUT2D eigenvalue weighted by molar-refractivity contribution is 4.89. The minimum Gasteiger partial charge on any atom is -0.393 e. The molecule has 2 rings (SSSR count). The minimum absolute atomic E-state index is 0.248. The van der Waals surface area contributed by atoms with Gasteiger partial charge in [0.05, 0.1) is 18.7 Å². The van der Waals surface area contributed by atoms with Crippen molar-refractivity contribution < 1.29 is 5.11 Å². The molecule has 1 aliphatic rings. The van der Waals surface area contributed by atoms with Crippen LogP contribution in [0.2, 0.25) is 0 Å². The van der Waals surface area contributed by atoms with Gasteiger partial charge in [0.25, 0.3) is 0 Å². The topological polar surface area (TPSA) is 67.1 Å². The second-order valence-corrected chi connectivity index (χ2v) is 4.65. The van der Waals surface area contributed by atoms with Gasteiger partial charge in [-0.3, -0.25) is 4.90 Å². The van der Waals surface area contributed by atoms with E-state index >= 15 is 0 Å². The first kappa shape index (κ1) is 11.5. The predicted molar refractivity (Wildman–Crippen MR) is 58.7 cm³/mol. The molecule has 0 radical (unpaired) electrons. The van der Waals surface area contributed by atoms with Crippen LogP contribution in [0.25, 0.3) is 0 Å². The van der Waals surface area contributed by atoms with E-state index in [1.165, 1.54) is 12.8 Å². The molecule has 6 nitrogen and oxygen atoms in total. The Kier molecular flexibility index (Phi) is 3.50. The van der Waals surface area contributed by atoms with Gasteiger partial charge < -0.3 is 5.11 Å². The zero-order valence-electron chi connectivity index (χ0n) is 9.87. The molecule has 0 saturated heterocycles. The van der Waals surface area contributed by atoms with Gasteiger partial charge in [0.2, 0.25) is 0 Å². The summed E-state index contributed by atoms with van der Waals surface area (Å²) in [6.07, 6.45) is 2.91. The molecule has 1 saturated carbocycles. The summed E-state index contributed by atoms with van der Waals surface area (Å²) in [6, 6.07) is 0.523. The molecule has 90 valence electrons. The monoisotopic (exact) mass is 225 g/mol. The second kappa shape index (κ2) is 4.88. The largest absolute Gasteiger partial charge is 0.393 e. The van der Waals surface area contributed by atoms with E-state index in [2.05, 4.69) is 20.4 Å². The molecule has 1 aliphatic carbocycles. The maximum absolute atomic E-state index is 9.21. The number of aliphatic hydroxyl groups excluding tert-OH is 1. The van der Waals surface area contributed by atoms with E-state index in [0.717, 1.165) is 25.3 Å². The Morgan fingerprint density at radius 1 is 1.56 bits per heavy atom. The Morgan fingerprint density at radius 3 is 2.94 bits per heavy atom. The van der Waals surface area contributed by atoms with E-state index in [1.807, 2.05) is 18.7 Å². The van der Waals surface area contributed by atoms with Crippen LogP contribution in [0.3, 0.4) is 0 Å². The summed E-state index contributed by atoms with van der Waals surface area (Å²) < 4.78 is 1.93. The van der Waals surface area contributed by atoms with Crippen LogP contribution in [-0.2, 0) is 6.54 Å². The molecule has 1 aromatic heterocycles. The maximum atomic E-state index is 9.21. The molecular weight excluding hydrogens is 206 g/mol. The van der Waals surface area contributed by atoms with Crippen LogP contribution in [-0.4, -0.2) is 49.9 Å². The molecule has 1 heterocycles. The second-order valence-electron chi connectivity index (χ2n) is 4.65. The van der Waals surface area contributed by atoms with Crippen LogP contribution in [0.4, 0.5) is 0 Å². The van der Waals surface area contributed by atoms with Crippen LogP contribution < -0.4 is 0 Å². The average Bonchev–Trinajstić information content (AvgIpc) is 2.97. The van der Waals surface area contributed by atoms with Crippen LogP contribution in [0.15, 0.2) is 0 Å². The Hall–Kier alpha value is -1.01. The quantitative estimate of drug-likeness (QED) is 0.749. The van der Waals surface area contributed by atoms with Crippen molar-refractivity contribution in [3.05, 3.63) is 5.82 Å². The van der Waals surface area contributed by atoms with Gasteiger partial charge in [-0.05, 0) is 43.7 Å². The molecule has 1 atom stereocenters. The summed E-state index contributed by atoms with van der Waals surface area (Å²) in [4.78, 5) is 2.14. The summed E-state index contributed by atoms with van der Waals surface area (Å²) in [5.41, 5.74) is 0. The number of nitrogens with zero attached hydrogens (tertiary/aromatic N) is 5. The first-order valence-electron chi connectivity index (χ1n) is 5.80. The van der Waals surface area contributed by atoms with Crippen LogP contribution in [0.5, 0.6) is 0 Å². The third-order valence-electron chi connectivity index (χ3n) is 2.79. The lowest BCUT2D eigenvalue weighted by Crippen LogP contribution is -2.24. The SMILES string of the molecule is CC(O)CCN(C)Cc1nnnn1C1CC1. The predicted octanol–water partition coefficient (Wildman–Crippen LogP) is 0.211. The Labute approximate surface area is 95.2 Å². The van der Waals surface area contributed by atoms with Crippen molar-refractivity contribution in [2.24, 2.45) is 0 Å². The van der Waals surface area contributed by atoms with Gasteiger partial charge in [-0.15, -0.1) is 5.10 Å². The first-order valence-corrected chi connectivity index (χ1v) is 5.80. The van der Waals surface area contributed by atoms with E-state index in [1.54, 1.807) is 0 Å². The van der Waals surface area contributed by atoms with Crippen molar-refractivity contribution in [3.8, 4) is 0 Å². The van der Waals surface area contributed by atoms with Gasteiger partial charge >= 0.3 is 0 Å². The van der Waals surface area contributed by atoms with E-state index in [0.29, 0.717) is 6.04 Å². The molecule has 1 N–H and O–H groups in total. The third kappa shape index (κ3) is 2.99. The molecule has 0 aliphatic heterocycles. The number of hydrogen-bond donors (Lipinski definition) is 1. The lowest BCUT2D eigenvalue weighted by Gasteiger charge is -2.16. The smallest absolute Gasteiger partial charge is 0.165 e. The Balaban J connectivity index is 1.85. The van der Waals surface area contributed by atoms with Crippen molar-refractivity contribution >= 4 is 0 Å². The zero-order valence-corrected chi connectivity index (χ0v) is 9.87. The summed E-state index contributed by atoms with van der Waals surface area (Å²) in [5.74, 6) is 0.926. The molecule has 6 heteroatoms. The Bertz CT molecular complexity index is 334. The standard InChI is InChI=1S/C10H19N5O/c1-8(16)5-6-14(2)7-10-11-12-13-15(10)9-3-4-9/h8-9,16H,3-7H2,1-2H3. The van der Waals surface area contributed by atoms with E-state index in [4.69, 9.17) is 0 Å². The van der Waals surface area contributed by atoms with Gasteiger partial charge in [-0.2, -0.15) is 0 Å². The van der Waals surface area contributed by atoms with Gasteiger partial charge in [0.15, 0.2) is 5.82 Å². The van der Waals surface area contributed by atoms with Crippen LogP contribution in [0, 0.1) is 0 Å². The highest BCUT2D eigenvalue weighted by Crippen LogP contribution is 2.34.